The predicted molar refractivity (Wildman–Crippen MR) is 101 cm³/mol. The van der Waals surface area contributed by atoms with Crippen molar-refractivity contribution in [3.8, 4) is 5.75 Å². The highest BCUT2D eigenvalue weighted by Gasteiger charge is 2.33. The quantitative estimate of drug-likeness (QED) is 0.525. The van der Waals surface area contributed by atoms with Gasteiger partial charge in [-0.2, -0.15) is 0 Å². The van der Waals surface area contributed by atoms with Gasteiger partial charge in [0.1, 0.15) is 5.75 Å². The Morgan fingerprint density at radius 3 is 2.65 bits per heavy atom. The van der Waals surface area contributed by atoms with Gasteiger partial charge in [-0.05, 0) is 49.0 Å². The number of aliphatic hydroxyl groups is 2. The maximum atomic E-state index is 9.68. The Kier molecular flexibility index (Phi) is 8.59. The predicted octanol–water partition coefficient (Wildman–Crippen LogP) is 3.31. The van der Waals surface area contributed by atoms with E-state index in [-0.39, 0.29) is 24.9 Å². The first-order chi connectivity index (χ1) is 12.6. The standard InChI is InChI=1S/C21H32O5/c1-2-3-5-18(15-22)6-4-10-21(25-12-13-26-21)11-9-17-7-8-20(24)19(14-17)16-23/h4,7-8,10,14,18,22-24H,2-3,5-6,9,11-13,15-16H2,1H3/b10-4+. The third kappa shape index (κ3) is 6.09. The van der Waals surface area contributed by atoms with Gasteiger partial charge >= 0.3 is 0 Å². The number of hydrogen-bond acceptors (Lipinski definition) is 5. The fraction of sp³-hybridized carbons (Fsp3) is 0.619. The third-order valence-electron chi connectivity index (χ3n) is 4.92. The molecule has 5 nitrogen and oxygen atoms in total. The fourth-order valence-electron chi connectivity index (χ4n) is 3.25. The molecule has 1 aliphatic rings. The molecule has 2 rings (SSSR count). The van der Waals surface area contributed by atoms with Gasteiger partial charge in [0, 0.05) is 18.6 Å². The van der Waals surface area contributed by atoms with E-state index in [0.29, 0.717) is 25.2 Å². The summed E-state index contributed by atoms with van der Waals surface area (Å²) in [5.41, 5.74) is 1.55. The minimum atomic E-state index is -0.720. The lowest BCUT2D eigenvalue weighted by molar-refractivity contribution is -0.121. The molecule has 1 aromatic rings. The largest absolute Gasteiger partial charge is 0.508 e. The van der Waals surface area contributed by atoms with Crippen molar-refractivity contribution in [2.75, 3.05) is 19.8 Å². The number of phenols is 1. The summed E-state index contributed by atoms with van der Waals surface area (Å²) >= 11 is 0. The molecule has 1 heterocycles. The molecule has 0 saturated carbocycles. The van der Waals surface area contributed by atoms with E-state index in [9.17, 15) is 15.3 Å². The van der Waals surface area contributed by atoms with Crippen molar-refractivity contribution in [1.82, 2.24) is 0 Å². The topological polar surface area (TPSA) is 79.2 Å². The Bertz CT molecular complexity index is 564. The molecular weight excluding hydrogens is 332 g/mol. The first-order valence-electron chi connectivity index (χ1n) is 9.60. The van der Waals surface area contributed by atoms with Crippen molar-refractivity contribution in [3.63, 3.8) is 0 Å². The molecule has 0 aliphatic carbocycles. The molecule has 1 unspecified atom stereocenters. The molecule has 0 spiro atoms. The van der Waals surface area contributed by atoms with E-state index >= 15 is 0 Å². The monoisotopic (exact) mass is 364 g/mol. The van der Waals surface area contributed by atoms with Crippen LogP contribution >= 0.6 is 0 Å². The van der Waals surface area contributed by atoms with Crippen LogP contribution in [0, 0.1) is 5.92 Å². The molecule has 146 valence electrons. The van der Waals surface area contributed by atoms with Gasteiger partial charge in [0.2, 0.25) is 0 Å². The molecule has 3 N–H and O–H groups in total. The lowest BCUT2D eigenvalue weighted by Gasteiger charge is -2.24. The van der Waals surface area contributed by atoms with Gasteiger partial charge < -0.3 is 24.8 Å². The molecule has 0 radical (unpaired) electrons. The van der Waals surface area contributed by atoms with E-state index in [1.165, 1.54) is 0 Å². The Morgan fingerprint density at radius 2 is 2.00 bits per heavy atom. The minimum absolute atomic E-state index is 0.112. The molecule has 5 heteroatoms. The van der Waals surface area contributed by atoms with Crippen LogP contribution < -0.4 is 0 Å². The highest BCUT2D eigenvalue weighted by atomic mass is 16.7. The zero-order valence-corrected chi connectivity index (χ0v) is 15.7. The van der Waals surface area contributed by atoms with Crippen molar-refractivity contribution >= 4 is 0 Å². The Hall–Kier alpha value is -1.40. The number of ether oxygens (including phenoxy) is 2. The lowest BCUT2D eigenvalue weighted by Crippen LogP contribution is -2.28. The van der Waals surface area contributed by atoms with Gasteiger partial charge in [0.15, 0.2) is 5.79 Å². The van der Waals surface area contributed by atoms with Crippen molar-refractivity contribution in [1.29, 1.82) is 0 Å². The molecule has 0 bridgehead atoms. The molecule has 1 saturated heterocycles. The Labute approximate surface area is 156 Å². The van der Waals surface area contributed by atoms with Crippen LogP contribution in [0.1, 0.15) is 50.2 Å². The summed E-state index contributed by atoms with van der Waals surface area (Å²) in [6.45, 7) is 3.32. The third-order valence-corrected chi connectivity index (χ3v) is 4.92. The van der Waals surface area contributed by atoms with Gasteiger partial charge in [-0.3, -0.25) is 0 Å². The molecule has 26 heavy (non-hydrogen) atoms. The zero-order valence-electron chi connectivity index (χ0n) is 15.7. The number of unbranched alkanes of at least 4 members (excludes halogenated alkanes) is 1. The van der Waals surface area contributed by atoms with Crippen LogP contribution in [-0.4, -0.2) is 40.9 Å². The van der Waals surface area contributed by atoms with Crippen LogP contribution in [0.2, 0.25) is 0 Å². The summed E-state index contributed by atoms with van der Waals surface area (Å²) in [4.78, 5) is 0. The molecule has 1 atom stereocenters. The van der Waals surface area contributed by atoms with Gasteiger partial charge in [-0.15, -0.1) is 0 Å². The van der Waals surface area contributed by atoms with Gasteiger partial charge in [-0.25, -0.2) is 0 Å². The molecular formula is C21H32O5. The summed E-state index contributed by atoms with van der Waals surface area (Å²) < 4.78 is 11.7. The second-order valence-corrected chi connectivity index (χ2v) is 6.96. The summed E-state index contributed by atoms with van der Waals surface area (Å²) in [7, 11) is 0. The smallest absolute Gasteiger partial charge is 0.188 e. The molecule has 1 aromatic carbocycles. The first-order valence-corrected chi connectivity index (χ1v) is 9.60. The maximum Gasteiger partial charge on any atom is 0.188 e. The zero-order chi connectivity index (χ0) is 18.8. The Morgan fingerprint density at radius 1 is 1.23 bits per heavy atom. The van der Waals surface area contributed by atoms with Gasteiger partial charge in [-0.1, -0.05) is 31.9 Å². The van der Waals surface area contributed by atoms with Crippen LogP contribution in [0.3, 0.4) is 0 Å². The summed E-state index contributed by atoms with van der Waals surface area (Å²) in [6, 6.07) is 5.28. The Balaban J connectivity index is 1.95. The second kappa shape index (κ2) is 10.7. The van der Waals surface area contributed by atoms with E-state index in [1.807, 2.05) is 18.2 Å². The number of rotatable bonds is 11. The lowest BCUT2D eigenvalue weighted by atomic mass is 9.97. The van der Waals surface area contributed by atoms with Crippen molar-refractivity contribution in [2.24, 2.45) is 5.92 Å². The first kappa shape index (κ1) is 20.9. The molecule has 1 fully saturated rings. The number of benzene rings is 1. The van der Waals surface area contributed by atoms with E-state index in [2.05, 4.69) is 13.0 Å². The highest BCUT2D eigenvalue weighted by Crippen LogP contribution is 2.29. The van der Waals surface area contributed by atoms with Crippen molar-refractivity contribution in [2.45, 2.75) is 57.8 Å². The second-order valence-electron chi connectivity index (χ2n) is 6.96. The summed E-state index contributed by atoms with van der Waals surface area (Å²) in [5, 5.41) is 28.5. The SMILES string of the molecule is CCCCC(CO)C/C=C/C1(CCc2ccc(O)c(CO)c2)OCCO1. The van der Waals surface area contributed by atoms with Crippen LogP contribution in [0.4, 0.5) is 0 Å². The van der Waals surface area contributed by atoms with E-state index in [4.69, 9.17) is 9.47 Å². The number of hydrogen-bond donors (Lipinski definition) is 3. The minimum Gasteiger partial charge on any atom is -0.508 e. The molecule has 0 amide bonds. The highest BCUT2D eigenvalue weighted by molar-refractivity contribution is 5.35. The number of allylic oxidation sites excluding steroid dienone is 1. The van der Waals surface area contributed by atoms with E-state index in [1.54, 1.807) is 6.07 Å². The average Bonchev–Trinajstić information content (AvgIpc) is 3.13. The van der Waals surface area contributed by atoms with Crippen LogP contribution in [0.25, 0.3) is 0 Å². The number of aryl methyl sites for hydroxylation is 1. The van der Waals surface area contributed by atoms with E-state index in [0.717, 1.165) is 37.7 Å². The fourth-order valence-corrected chi connectivity index (χ4v) is 3.25. The summed E-state index contributed by atoms with van der Waals surface area (Å²) in [6.07, 6.45) is 9.56. The maximum absolute atomic E-state index is 9.68. The van der Waals surface area contributed by atoms with Crippen LogP contribution in [0.15, 0.2) is 30.4 Å². The normalized spacial score (nSPS) is 17.8. The summed E-state index contributed by atoms with van der Waals surface area (Å²) in [5.74, 6) is -0.322. The van der Waals surface area contributed by atoms with Crippen molar-refractivity contribution in [3.05, 3.63) is 41.5 Å². The number of aliphatic hydroxyl groups excluding tert-OH is 2. The van der Waals surface area contributed by atoms with Gasteiger partial charge in [0.25, 0.3) is 0 Å². The number of aromatic hydroxyl groups is 1. The van der Waals surface area contributed by atoms with Gasteiger partial charge in [0.05, 0.1) is 19.8 Å². The average molecular weight is 364 g/mol. The van der Waals surface area contributed by atoms with E-state index < -0.39 is 5.79 Å². The van der Waals surface area contributed by atoms with Crippen LogP contribution in [0.5, 0.6) is 5.75 Å². The van der Waals surface area contributed by atoms with Crippen molar-refractivity contribution < 1.29 is 24.8 Å². The molecule has 1 aliphatic heterocycles. The molecule has 0 aromatic heterocycles. The van der Waals surface area contributed by atoms with Crippen LogP contribution in [-0.2, 0) is 22.5 Å².